The molecule has 1 spiro atoms. The average molecular weight is 604 g/mol. The molecule has 1 amide bonds. The highest BCUT2D eigenvalue weighted by molar-refractivity contribution is 5.81. The molecule has 0 unspecified atom stereocenters. The number of nitrogens with zero attached hydrogens (tertiary/aromatic N) is 1. The Morgan fingerprint density at radius 1 is 1.26 bits per heavy atom. The smallest absolute Gasteiger partial charge is 0.352 e. The van der Waals surface area contributed by atoms with E-state index in [1.54, 1.807) is 12.1 Å². The Morgan fingerprint density at radius 3 is 2.65 bits per heavy atom. The van der Waals surface area contributed by atoms with E-state index in [0.29, 0.717) is 24.3 Å². The molecule has 1 fully saturated rings. The zero-order valence-corrected chi connectivity index (χ0v) is 24.9. The second-order valence-electron chi connectivity index (χ2n) is 11.7. The Hall–Kier alpha value is -3.52. The summed E-state index contributed by atoms with van der Waals surface area (Å²) >= 11 is 0. The summed E-state index contributed by atoms with van der Waals surface area (Å²) in [5.74, 6) is -2.55. The van der Waals surface area contributed by atoms with Crippen molar-refractivity contribution in [2.24, 2.45) is 5.73 Å². The first-order chi connectivity index (χ1) is 20.3. The molecule has 6 atom stereocenters. The molecule has 6 N–H and O–H groups in total. The Labute approximate surface area is 250 Å². The maximum absolute atomic E-state index is 13.1. The zero-order valence-electron chi connectivity index (χ0n) is 24.9. The van der Waals surface area contributed by atoms with Gasteiger partial charge in [0.1, 0.15) is 17.6 Å². The molecule has 1 aromatic carbocycles. The van der Waals surface area contributed by atoms with E-state index in [1.807, 2.05) is 27.0 Å². The van der Waals surface area contributed by atoms with E-state index in [2.05, 4.69) is 10.2 Å². The van der Waals surface area contributed by atoms with Crippen LogP contribution in [-0.4, -0.2) is 94.1 Å². The standard InChI is InChI=1S/C30H41N3O10/c1-16-5-6-19(15-34)25-24(16)29-12-14-33(4)18(3)30(29,40)11-9-21(26(29)43-25)42-28(39)17(2)41-23(36)10-13-32-22(35)8-7-20(31)27(37)38/h5-6,9,17-18,20,26,34,40H,7-8,10-15,31H2,1-4H3,(H,32,35)(H,37,38)/t17-,18+,20-,26-,29-,30+/m0/s1. The molecule has 1 saturated heterocycles. The molecule has 2 heterocycles. The molecule has 13 heteroatoms. The third-order valence-electron chi connectivity index (χ3n) is 9.11. The van der Waals surface area contributed by atoms with Gasteiger partial charge in [-0.2, -0.15) is 0 Å². The molecule has 3 aliphatic rings. The summed E-state index contributed by atoms with van der Waals surface area (Å²) in [6, 6.07) is 2.27. The number of likely N-dealkylation sites (tertiary alicyclic amines) is 1. The molecule has 0 bridgehead atoms. The second-order valence-corrected chi connectivity index (χ2v) is 11.7. The minimum Gasteiger partial charge on any atom is -0.481 e. The number of aliphatic hydroxyl groups excluding tert-OH is 1. The second kappa shape index (κ2) is 12.6. The Morgan fingerprint density at radius 2 is 1.98 bits per heavy atom. The number of benzene rings is 1. The molecule has 2 aliphatic heterocycles. The van der Waals surface area contributed by atoms with Crippen LogP contribution >= 0.6 is 0 Å². The molecular weight excluding hydrogens is 562 g/mol. The van der Waals surface area contributed by atoms with Gasteiger partial charge in [0.25, 0.3) is 0 Å². The third kappa shape index (κ3) is 5.86. The van der Waals surface area contributed by atoms with Gasteiger partial charge in [0.2, 0.25) is 5.91 Å². The normalized spacial score (nSPS) is 27.4. The van der Waals surface area contributed by atoms with Gasteiger partial charge in [-0.05, 0) is 58.8 Å². The summed E-state index contributed by atoms with van der Waals surface area (Å²) in [5.41, 5.74) is 5.45. The fourth-order valence-corrected chi connectivity index (χ4v) is 6.50. The van der Waals surface area contributed by atoms with Crippen LogP contribution in [0.4, 0.5) is 0 Å². The number of piperidine rings is 1. The predicted molar refractivity (Wildman–Crippen MR) is 152 cm³/mol. The number of nitrogens with one attached hydrogen (secondary N) is 1. The fourth-order valence-electron chi connectivity index (χ4n) is 6.50. The number of aliphatic carboxylic acids is 1. The molecular formula is C30H41N3O10. The van der Waals surface area contributed by atoms with Crippen LogP contribution in [-0.2, 0) is 40.7 Å². The van der Waals surface area contributed by atoms with E-state index in [0.717, 1.165) is 11.1 Å². The van der Waals surface area contributed by atoms with Crippen LogP contribution in [0.25, 0.3) is 0 Å². The third-order valence-corrected chi connectivity index (χ3v) is 9.11. The highest BCUT2D eigenvalue weighted by Crippen LogP contribution is 2.61. The van der Waals surface area contributed by atoms with E-state index in [1.165, 1.54) is 6.92 Å². The summed E-state index contributed by atoms with van der Waals surface area (Å²) in [5, 5.41) is 33.6. The quantitative estimate of drug-likeness (QED) is 0.219. The van der Waals surface area contributed by atoms with Crippen LogP contribution in [0, 0.1) is 6.92 Å². The van der Waals surface area contributed by atoms with Crippen molar-refractivity contribution in [1.29, 1.82) is 0 Å². The van der Waals surface area contributed by atoms with Crippen molar-refractivity contribution in [3.63, 3.8) is 0 Å². The number of carboxylic acids is 1. The number of fused-ring (bicyclic) bond motifs is 1. The Balaban J connectivity index is 1.44. The minimum atomic E-state index is -1.27. The predicted octanol–water partition coefficient (Wildman–Crippen LogP) is 0.402. The number of aryl methyl sites for hydroxylation is 1. The topological polar surface area (TPSA) is 198 Å². The number of hydrogen-bond donors (Lipinski definition) is 5. The zero-order chi connectivity index (χ0) is 31.7. The number of nitrogens with two attached hydrogens (primary N) is 1. The number of esters is 2. The van der Waals surface area contributed by atoms with Crippen LogP contribution in [0.1, 0.15) is 62.6 Å². The van der Waals surface area contributed by atoms with Crippen molar-refractivity contribution in [2.75, 3.05) is 20.1 Å². The average Bonchev–Trinajstić information content (AvgIpc) is 3.33. The van der Waals surface area contributed by atoms with Crippen LogP contribution in [0.3, 0.4) is 0 Å². The lowest BCUT2D eigenvalue weighted by Gasteiger charge is -2.58. The van der Waals surface area contributed by atoms with Crippen LogP contribution in [0.2, 0.25) is 0 Å². The largest absolute Gasteiger partial charge is 0.481 e. The number of carbonyl (C=O) groups is 4. The lowest BCUT2D eigenvalue weighted by atomic mass is 9.54. The van der Waals surface area contributed by atoms with Gasteiger partial charge in [0, 0.05) is 36.6 Å². The molecule has 43 heavy (non-hydrogen) atoms. The van der Waals surface area contributed by atoms with E-state index in [4.69, 9.17) is 25.1 Å². The van der Waals surface area contributed by atoms with E-state index >= 15 is 0 Å². The number of carboxylic acid groups (broad SMARTS) is 1. The van der Waals surface area contributed by atoms with E-state index < -0.39 is 53.1 Å². The van der Waals surface area contributed by atoms with Gasteiger partial charge < -0.3 is 45.5 Å². The fraction of sp³-hybridized carbons (Fsp3) is 0.600. The molecule has 1 aliphatic carbocycles. The summed E-state index contributed by atoms with van der Waals surface area (Å²) < 4.78 is 17.5. The van der Waals surface area contributed by atoms with Crippen molar-refractivity contribution in [2.45, 2.75) is 94.8 Å². The van der Waals surface area contributed by atoms with Gasteiger partial charge in [-0.1, -0.05) is 12.1 Å². The van der Waals surface area contributed by atoms with Crippen LogP contribution in [0.15, 0.2) is 24.0 Å². The van der Waals surface area contributed by atoms with Crippen molar-refractivity contribution in [3.05, 3.63) is 40.7 Å². The molecule has 0 saturated carbocycles. The Bertz CT molecular complexity index is 1320. The maximum atomic E-state index is 13.1. The van der Waals surface area contributed by atoms with E-state index in [9.17, 15) is 29.4 Å². The molecule has 13 nitrogen and oxygen atoms in total. The first-order valence-electron chi connectivity index (χ1n) is 14.5. The molecule has 1 aromatic rings. The van der Waals surface area contributed by atoms with Crippen molar-refractivity contribution >= 4 is 23.8 Å². The lowest BCUT2D eigenvalue weighted by Crippen LogP contribution is -2.71. The minimum absolute atomic E-state index is 0.0463. The van der Waals surface area contributed by atoms with Crippen molar-refractivity contribution in [3.8, 4) is 5.75 Å². The number of amides is 1. The van der Waals surface area contributed by atoms with Crippen molar-refractivity contribution < 1.29 is 48.7 Å². The summed E-state index contributed by atoms with van der Waals surface area (Å²) in [7, 11) is 1.95. The number of rotatable bonds is 11. The van der Waals surface area contributed by atoms with Crippen LogP contribution < -0.4 is 15.8 Å². The Kier molecular flexibility index (Phi) is 9.50. The van der Waals surface area contributed by atoms with E-state index in [-0.39, 0.29) is 50.6 Å². The van der Waals surface area contributed by atoms with Gasteiger partial charge >= 0.3 is 17.9 Å². The first-order valence-corrected chi connectivity index (χ1v) is 14.5. The van der Waals surface area contributed by atoms with Gasteiger partial charge in [0.05, 0.1) is 24.0 Å². The molecule has 236 valence electrons. The van der Waals surface area contributed by atoms with Gasteiger partial charge in [-0.25, -0.2) is 4.79 Å². The number of hydrogen-bond acceptors (Lipinski definition) is 11. The summed E-state index contributed by atoms with van der Waals surface area (Å²) in [4.78, 5) is 50.1. The first kappa shape index (κ1) is 32.4. The molecule has 0 radical (unpaired) electrons. The number of likely N-dealkylation sites (N-methyl/N-ethyl adjacent to an activating group) is 1. The molecule has 0 aromatic heterocycles. The summed E-state index contributed by atoms with van der Waals surface area (Å²) in [6.45, 7) is 5.59. The maximum Gasteiger partial charge on any atom is 0.352 e. The summed E-state index contributed by atoms with van der Waals surface area (Å²) in [6.07, 6.45) is -0.142. The highest BCUT2D eigenvalue weighted by Gasteiger charge is 2.69. The van der Waals surface area contributed by atoms with Gasteiger partial charge in [-0.15, -0.1) is 0 Å². The van der Waals surface area contributed by atoms with Gasteiger partial charge in [-0.3, -0.25) is 14.4 Å². The van der Waals surface area contributed by atoms with Gasteiger partial charge in [0.15, 0.2) is 12.2 Å². The number of ether oxygens (including phenoxy) is 3. The van der Waals surface area contributed by atoms with Crippen LogP contribution in [0.5, 0.6) is 5.75 Å². The van der Waals surface area contributed by atoms with Crippen molar-refractivity contribution in [1.82, 2.24) is 10.2 Å². The number of aliphatic hydroxyl groups is 2. The monoisotopic (exact) mass is 603 g/mol. The highest BCUT2D eigenvalue weighted by atomic mass is 16.6. The lowest BCUT2D eigenvalue weighted by molar-refractivity contribution is -0.171. The number of carbonyl (C=O) groups excluding carboxylic acids is 3. The SMILES string of the molecule is Cc1ccc(CO)c2c1[C@]13CCN(C)[C@H](C)[C@]1(O)CC=C(OC(=O)[C@H](C)OC(=O)CCNC(=O)CC[C@H](N)C(=O)O)[C@@H]3O2. The molecule has 4 rings (SSSR count).